The monoisotopic (exact) mass is 608 g/mol. The first-order valence-electron chi connectivity index (χ1n) is 13.2. The largest absolute Gasteiger partial charge is 0.326 e. The molecule has 0 spiro atoms. The van der Waals surface area contributed by atoms with Crippen LogP contribution in [0.5, 0.6) is 0 Å². The molecule has 0 saturated heterocycles. The predicted molar refractivity (Wildman–Crippen MR) is 175 cm³/mol. The van der Waals surface area contributed by atoms with Gasteiger partial charge in [0.05, 0.1) is 17.6 Å². The van der Waals surface area contributed by atoms with Gasteiger partial charge in [0.25, 0.3) is 10.0 Å². The number of sulfonamides is 1. The van der Waals surface area contributed by atoms with Gasteiger partial charge in [0.2, 0.25) is 0 Å². The van der Waals surface area contributed by atoms with Crippen molar-refractivity contribution in [3.63, 3.8) is 0 Å². The van der Waals surface area contributed by atoms with Gasteiger partial charge in [-0.05, 0) is 30.3 Å². The molecule has 0 aliphatic carbocycles. The van der Waals surface area contributed by atoms with E-state index in [1.165, 1.54) is 24.3 Å². The maximum Gasteiger partial charge on any atom is 0.284 e. The van der Waals surface area contributed by atoms with Gasteiger partial charge in [-0.3, -0.25) is 0 Å². The fourth-order valence-corrected chi connectivity index (χ4v) is 9.37. The van der Waals surface area contributed by atoms with Crippen molar-refractivity contribution >= 4 is 61.8 Å². The second-order valence-electron chi connectivity index (χ2n) is 9.60. The van der Waals surface area contributed by atoms with E-state index in [-0.39, 0.29) is 10.7 Å². The first-order valence-corrected chi connectivity index (χ1v) is 16.8. The zero-order valence-corrected chi connectivity index (χ0v) is 25.1. The lowest BCUT2D eigenvalue weighted by Gasteiger charge is -2.25. The lowest BCUT2D eigenvalue weighted by molar-refractivity contribution is 0.598. The number of hydrogen-bond donors (Lipinski definition) is 0. The second kappa shape index (κ2) is 11.5. The lowest BCUT2D eigenvalue weighted by Crippen LogP contribution is -2.28. The van der Waals surface area contributed by atoms with Crippen molar-refractivity contribution in [3.05, 3.63) is 150 Å². The number of hydrogen-bond acceptors (Lipinski definition) is 3. The summed E-state index contributed by atoms with van der Waals surface area (Å²) < 4.78 is 31.2. The molecule has 0 unspecified atom stereocenters. The molecule has 0 fully saturated rings. The molecule has 208 valence electrons. The Labute approximate surface area is 250 Å². The Morgan fingerprint density at radius 2 is 1.12 bits per heavy atom. The minimum absolute atomic E-state index is 0.0414. The predicted octanol–water partition coefficient (Wildman–Crippen LogP) is 6.46. The van der Waals surface area contributed by atoms with E-state index in [4.69, 9.17) is 21.6 Å². The molecule has 0 aromatic heterocycles. The molecule has 5 aromatic rings. The van der Waals surface area contributed by atoms with Gasteiger partial charge in [-0.25, -0.2) is 0 Å². The highest BCUT2D eigenvalue weighted by Crippen LogP contribution is 2.47. The molecule has 5 aromatic carbocycles. The summed E-state index contributed by atoms with van der Waals surface area (Å²) >= 11 is 6.01. The van der Waals surface area contributed by atoms with Gasteiger partial charge in [0.1, 0.15) is 5.71 Å². The first-order chi connectivity index (χ1) is 20.4. The van der Waals surface area contributed by atoms with Crippen LogP contribution in [0.1, 0.15) is 5.56 Å². The van der Waals surface area contributed by atoms with Crippen LogP contribution in [-0.2, 0) is 10.0 Å². The number of halogens is 1. The molecule has 1 heterocycles. The van der Waals surface area contributed by atoms with Crippen LogP contribution in [0.4, 0.5) is 5.69 Å². The van der Waals surface area contributed by atoms with Crippen molar-refractivity contribution in [3.8, 4) is 0 Å². The van der Waals surface area contributed by atoms with Crippen molar-refractivity contribution in [2.45, 2.75) is 4.90 Å². The van der Waals surface area contributed by atoms with E-state index in [9.17, 15) is 8.42 Å². The third-order valence-electron chi connectivity index (χ3n) is 7.04. The molecular formula is C33H26ClN4O2PS. The lowest BCUT2D eigenvalue weighted by atomic mass is 10.1. The minimum Gasteiger partial charge on any atom is -0.326 e. The van der Waals surface area contributed by atoms with Crippen molar-refractivity contribution in [2.75, 3.05) is 11.9 Å². The van der Waals surface area contributed by atoms with Gasteiger partial charge in [-0.15, -0.1) is 9.50 Å². The van der Waals surface area contributed by atoms with E-state index in [0.717, 1.165) is 27.2 Å². The van der Waals surface area contributed by atoms with E-state index in [2.05, 4.69) is 40.8 Å². The average molecular weight is 609 g/mol. The van der Waals surface area contributed by atoms with Crippen LogP contribution >= 0.6 is 18.7 Å². The number of benzene rings is 5. The van der Waals surface area contributed by atoms with Crippen molar-refractivity contribution in [1.82, 2.24) is 0 Å². The summed E-state index contributed by atoms with van der Waals surface area (Å²) in [4.78, 5) is 7.01. The highest BCUT2D eigenvalue weighted by molar-refractivity contribution is 7.90. The summed E-state index contributed by atoms with van der Waals surface area (Å²) in [5.74, 6) is 0.196. The van der Waals surface area contributed by atoms with Crippen LogP contribution in [0.3, 0.4) is 0 Å². The molecule has 0 bridgehead atoms. The molecule has 0 radical (unpaired) electrons. The van der Waals surface area contributed by atoms with Crippen LogP contribution in [0.2, 0.25) is 5.02 Å². The topological polar surface area (TPSA) is 74.5 Å². The summed E-state index contributed by atoms with van der Waals surface area (Å²) in [5.41, 5.74) is 1.93. The summed E-state index contributed by atoms with van der Waals surface area (Å²) in [6.07, 6.45) is 0. The van der Waals surface area contributed by atoms with Gasteiger partial charge in [-0.2, -0.15) is 13.3 Å². The fourth-order valence-electron chi connectivity index (χ4n) is 4.98. The Morgan fingerprint density at radius 3 is 1.64 bits per heavy atom. The molecule has 6 rings (SSSR count). The summed E-state index contributed by atoms with van der Waals surface area (Å²) in [6, 6.07) is 44.0. The van der Waals surface area contributed by atoms with E-state index >= 15 is 0 Å². The van der Waals surface area contributed by atoms with Crippen LogP contribution in [0.15, 0.2) is 159 Å². The number of nitrogens with zero attached hydrogens (tertiary/aromatic N) is 4. The van der Waals surface area contributed by atoms with E-state index in [1.54, 1.807) is 11.9 Å². The third kappa shape index (κ3) is 5.12. The Morgan fingerprint density at radius 1 is 0.643 bits per heavy atom. The van der Waals surface area contributed by atoms with Gasteiger partial charge < -0.3 is 4.90 Å². The molecule has 1 aliphatic heterocycles. The van der Waals surface area contributed by atoms with Gasteiger partial charge in [0, 0.05) is 33.5 Å². The molecule has 0 atom stereocenters. The number of likely N-dealkylation sites (N-methyl/N-ethyl adjacent to an activating group) is 1. The molecule has 0 saturated carbocycles. The van der Waals surface area contributed by atoms with Crippen molar-refractivity contribution < 1.29 is 8.42 Å². The standard InChI is InChI=1S/C33H26ClN4O2PS/c1-38-31-20-12-11-19-30(31)32(33(38)36-42(39,40)29-23-21-25(34)22-24-29)35-37-41(26-13-5-2-6-14-26,27-15-7-3-8-16-27)28-17-9-4-10-18-28/h2-24H,1H3/b35-32-,36-33-. The maximum absolute atomic E-state index is 13.5. The molecule has 6 nitrogen and oxygen atoms in total. The summed E-state index contributed by atoms with van der Waals surface area (Å²) in [6.45, 7) is 0. The Bertz CT molecular complexity index is 1860. The number of para-hydroxylation sites is 1. The minimum atomic E-state index is -4.08. The molecule has 0 amide bonds. The van der Waals surface area contributed by atoms with Crippen LogP contribution in [-0.4, -0.2) is 27.0 Å². The van der Waals surface area contributed by atoms with Gasteiger partial charge in [-0.1, -0.05) is 121 Å². The third-order valence-corrected chi connectivity index (χ3v) is 12.1. The Kier molecular flexibility index (Phi) is 7.65. The van der Waals surface area contributed by atoms with E-state index in [1.807, 2.05) is 78.9 Å². The highest BCUT2D eigenvalue weighted by atomic mass is 35.5. The molecule has 9 heteroatoms. The second-order valence-corrected chi connectivity index (χ2v) is 14.6. The number of anilines is 1. The zero-order valence-electron chi connectivity index (χ0n) is 22.6. The van der Waals surface area contributed by atoms with Crippen molar-refractivity contribution in [2.24, 2.45) is 14.4 Å². The van der Waals surface area contributed by atoms with Crippen molar-refractivity contribution in [1.29, 1.82) is 0 Å². The molecule has 42 heavy (non-hydrogen) atoms. The summed E-state index contributed by atoms with van der Waals surface area (Å²) in [7, 11) is -4.98. The quantitative estimate of drug-likeness (QED) is 0.164. The van der Waals surface area contributed by atoms with E-state index < -0.39 is 17.1 Å². The first kappa shape index (κ1) is 27.9. The van der Waals surface area contributed by atoms with Gasteiger partial charge in [0.15, 0.2) is 5.84 Å². The fraction of sp³-hybridized carbons (Fsp3) is 0.0303. The SMILES string of the molecule is CN1C(=N\S(=O)(=O)c2ccc(Cl)cc2)/C(=N\N=P(c2ccccc2)(c2ccccc2)c2ccccc2)c2ccccc21. The maximum atomic E-state index is 13.5. The molecule has 0 N–H and O–H groups in total. The van der Waals surface area contributed by atoms with Gasteiger partial charge >= 0.3 is 0 Å². The normalized spacial score (nSPS) is 15.1. The number of fused-ring (bicyclic) bond motifs is 1. The smallest absolute Gasteiger partial charge is 0.284 e. The van der Waals surface area contributed by atoms with Crippen LogP contribution < -0.4 is 20.8 Å². The Balaban J connectivity index is 1.65. The molecule has 1 aliphatic rings. The number of rotatable bonds is 6. The van der Waals surface area contributed by atoms with Crippen LogP contribution in [0.25, 0.3) is 0 Å². The number of amidine groups is 1. The van der Waals surface area contributed by atoms with E-state index in [0.29, 0.717) is 10.7 Å². The Hall–Kier alpha value is -4.29. The average Bonchev–Trinajstić information content (AvgIpc) is 3.29. The highest BCUT2D eigenvalue weighted by Gasteiger charge is 2.33. The zero-order chi connectivity index (χ0) is 29.2. The molecular weight excluding hydrogens is 583 g/mol. The van der Waals surface area contributed by atoms with Crippen LogP contribution in [0, 0.1) is 0 Å². The summed E-state index contributed by atoms with van der Waals surface area (Å²) in [5, 5.41) is 8.44.